The van der Waals surface area contributed by atoms with Crippen molar-refractivity contribution in [3.8, 4) is 0 Å². The van der Waals surface area contributed by atoms with Gasteiger partial charge < -0.3 is 0 Å². The third kappa shape index (κ3) is 6.47. The molecule has 1 amide bonds. The molecule has 19 heavy (non-hydrogen) atoms. The maximum absolute atomic E-state index is 11.7. The number of benzene rings is 1. The molecule has 0 atom stereocenters. The van der Waals surface area contributed by atoms with Gasteiger partial charge in [0.1, 0.15) is 0 Å². The highest BCUT2D eigenvalue weighted by atomic mass is 35.5. The van der Waals surface area contributed by atoms with Crippen molar-refractivity contribution in [2.75, 3.05) is 6.61 Å². The zero-order valence-corrected chi connectivity index (χ0v) is 10.8. The highest BCUT2D eigenvalue weighted by Crippen LogP contribution is 2.21. The first-order valence-corrected chi connectivity index (χ1v) is 5.65. The largest absolute Gasteiger partial charge is 0.414 e. The van der Waals surface area contributed by atoms with E-state index in [9.17, 15) is 18.0 Å². The minimum absolute atomic E-state index is 0.352. The summed E-state index contributed by atoms with van der Waals surface area (Å²) in [5.41, 5.74) is 2.08. The quantitative estimate of drug-likeness (QED) is 0.681. The van der Waals surface area contributed by atoms with Crippen LogP contribution in [0.15, 0.2) is 24.3 Å². The SMILES string of the molecule is O=C(/C=C/c1cc(Cl)ccc1Cl)NOCC(F)(F)F. The maximum Gasteiger partial charge on any atom is 0.414 e. The van der Waals surface area contributed by atoms with Crippen molar-refractivity contribution < 1.29 is 22.8 Å². The normalized spacial score (nSPS) is 11.8. The number of hydrogen-bond acceptors (Lipinski definition) is 2. The van der Waals surface area contributed by atoms with Crippen LogP contribution in [0.25, 0.3) is 6.08 Å². The minimum Gasteiger partial charge on any atom is -0.268 e. The van der Waals surface area contributed by atoms with Gasteiger partial charge in [-0.2, -0.15) is 13.2 Å². The predicted octanol–water partition coefficient (Wildman–Crippen LogP) is 3.62. The Labute approximate surface area is 116 Å². The summed E-state index contributed by atoms with van der Waals surface area (Å²) >= 11 is 11.5. The Bertz CT molecular complexity index is 489. The first-order chi connectivity index (χ1) is 8.78. The number of halogens is 5. The monoisotopic (exact) mass is 313 g/mol. The van der Waals surface area contributed by atoms with Crippen molar-refractivity contribution in [1.29, 1.82) is 0 Å². The average molecular weight is 314 g/mol. The molecule has 1 aromatic carbocycles. The lowest BCUT2D eigenvalue weighted by molar-refractivity contribution is -0.190. The van der Waals surface area contributed by atoms with Gasteiger partial charge >= 0.3 is 6.18 Å². The summed E-state index contributed by atoms with van der Waals surface area (Å²) in [5, 5.41) is 0.766. The second-order valence-electron chi connectivity index (χ2n) is 3.37. The molecule has 0 aliphatic carbocycles. The summed E-state index contributed by atoms with van der Waals surface area (Å²) in [5.74, 6) is -0.847. The van der Waals surface area contributed by atoms with Crippen LogP contribution in [0.1, 0.15) is 5.56 Å². The second-order valence-corrected chi connectivity index (χ2v) is 4.21. The van der Waals surface area contributed by atoms with Gasteiger partial charge in [-0.15, -0.1) is 0 Å². The Morgan fingerprint density at radius 2 is 2.05 bits per heavy atom. The standard InChI is InChI=1S/C11H8Cl2F3NO2/c12-8-2-3-9(13)7(5-8)1-4-10(18)17-19-6-11(14,15)16/h1-5H,6H2,(H,17,18)/b4-1+. The van der Waals surface area contributed by atoms with E-state index in [0.717, 1.165) is 6.08 Å². The topological polar surface area (TPSA) is 38.3 Å². The molecule has 0 saturated heterocycles. The fraction of sp³-hybridized carbons (Fsp3) is 0.182. The van der Waals surface area contributed by atoms with Crippen molar-refractivity contribution in [1.82, 2.24) is 5.48 Å². The fourth-order valence-corrected chi connectivity index (χ4v) is 1.39. The molecular weight excluding hydrogens is 306 g/mol. The molecular formula is C11H8Cl2F3NO2. The molecule has 1 rings (SSSR count). The summed E-state index contributed by atoms with van der Waals surface area (Å²) in [6, 6.07) is 4.60. The minimum atomic E-state index is -4.51. The maximum atomic E-state index is 11.7. The Morgan fingerprint density at radius 1 is 1.37 bits per heavy atom. The number of rotatable bonds is 4. The van der Waals surface area contributed by atoms with Crippen molar-refractivity contribution in [3.63, 3.8) is 0 Å². The van der Waals surface area contributed by atoms with Crippen LogP contribution in [0.4, 0.5) is 13.2 Å². The lowest BCUT2D eigenvalue weighted by atomic mass is 10.2. The highest BCUT2D eigenvalue weighted by Gasteiger charge is 2.28. The summed E-state index contributed by atoms with van der Waals surface area (Å²) in [6.07, 6.45) is -2.22. The van der Waals surface area contributed by atoms with E-state index in [1.54, 1.807) is 11.5 Å². The molecule has 3 nitrogen and oxygen atoms in total. The molecule has 8 heteroatoms. The Morgan fingerprint density at radius 3 is 2.68 bits per heavy atom. The average Bonchev–Trinajstić information content (AvgIpc) is 2.28. The highest BCUT2D eigenvalue weighted by molar-refractivity contribution is 6.34. The van der Waals surface area contributed by atoms with Crippen LogP contribution in [-0.2, 0) is 9.63 Å². The summed E-state index contributed by atoms with van der Waals surface area (Å²) < 4.78 is 35.2. The van der Waals surface area contributed by atoms with E-state index >= 15 is 0 Å². The van der Waals surface area contributed by atoms with Gasteiger partial charge in [-0.05, 0) is 29.8 Å². The zero-order valence-electron chi connectivity index (χ0n) is 9.30. The molecule has 0 aromatic heterocycles. The fourth-order valence-electron chi connectivity index (χ4n) is 1.03. The second kappa shape index (κ2) is 6.79. The van der Waals surface area contributed by atoms with Crippen molar-refractivity contribution in [2.45, 2.75) is 6.18 Å². The summed E-state index contributed by atoms with van der Waals surface area (Å²) in [6.45, 7) is -1.56. The van der Waals surface area contributed by atoms with E-state index in [-0.39, 0.29) is 0 Å². The van der Waals surface area contributed by atoms with Crippen molar-refractivity contribution in [2.24, 2.45) is 0 Å². The van der Waals surface area contributed by atoms with Gasteiger partial charge in [0.25, 0.3) is 5.91 Å². The number of hydroxylamine groups is 1. The van der Waals surface area contributed by atoms with E-state index in [0.29, 0.717) is 15.6 Å². The molecule has 0 fully saturated rings. The Kier molecular flexibility index (Phi) is 5.65. The Balaban J connectivity index is 2.52. The molecule has 0 aliphatic rings. The van der Waals surface area contributed by atoms with Crippen LogP contribution >= 0.6 is 23.2 Å². The van der Waals surface area contributed by atoms with Gasteiger partial charge in [0.2, 0.25) is 0 Å². The molecule has 1 N–H and O–H groups in total. The molecule has 0 spiro atoms. The van der Waals surface area contributed by atoms with Crippen LogP contribution in [0.3, 0.4) is 0 Å². The summed E-state index contributed by atoms with van der Waals surface area (Å²) in [7, 11) is 0. The van der Waals surface area contributed by atoms with E-state index in [1.807, 2.05) is 0 Å². The van der Waals surface area contributed by atoms with E-state index in [1.165, 1.54) is 18.2 Å². The molecule has 0 saturated carbocycles. The number of carbonyl (C=O) groups excluding carboxylic acids is 1. The first kappa shape index (κ1) is 15.8. The number of hydrogen-bond donors (Lipinski definition) is 1. The summed E-state index contributed by atoms with van der Waals surface area (Å²) in [4.78, 5) is 15.1. The molecule has 1 aromatic rings. The molecule has 104 valence electrons. The van der Waals surface area contributed by atoms with Crippen molar-refractivity contribution in [3.05, 3.63) is 39.9 Å². The number of nitrogens with one attached hydrogen (secondary N) is 1. The number of alkyl halides is 3. The zero-order chi connectivity index (χ0) is 14.5. The van der Waals surface area contributed by atoms with E-state index in [2.05, 4.69) is 4.84 Å². The van der Waals surface area contributed by atoms with Gasteiger partial charge in [-0.25, -0.2) is 5.48 Å². The Hall–Kier alpha value is -1.24. The lowest BCUT2D eigenvalue weighted by Crippen LogP contribution is -2.28. The van der Waals surface area contributed by atoms with Crippen LogP contribution < -0.4 is 5.48 Å². The van der Waals surface area contributed by atoms with Gasteiger partial charge in [0, 0.05) is 16.1 Å². The lowest BCUT2D eigenvalue weighted by Gasteiger charge is -2.06. The molecule has 0 heterocycles. The molecule has 0 bridgehead atoms. The third-order valence-electron chi connectivity index (χ3n) is 1.78. The molecule has 0 unspecified atom stereocenters. The van der Waals surface area contributed by atoms with E-state index in [4.69, 9.17) is 23.2 Å². The van der Waals surface area contributed by atoms with Gasteiger partial charge in [-0.1, -0.05) is 23.2 Å². The van der Waals surface area contributed by atoms with E-state index < -0.39 is 18.7 Å². The van der Waals surface area contributed by atoms with Gasteiger partial charge in [0.15, 0.2) is 6.61 Å². The first-order valence-electron chi connectivity index (χ1n) is 4.89. The third-order valence-corrected chi connectivity index (χ3v) is 2.36. The smallest absolute Gasteiger partial charge is 0.268 e. The molecule has 0 aliphatic heterocycles. The molecule has 0 radical (unpaired) electrons. The van der Waals surface area contributed by atoms with Crippen LogP contribution in [0, 0.1) is 0 Å². The number of amides is 1. The van der Waals surface area contributed by atoms with Crippen LogP contribution in [0.2, 0.25) is 10.0 Å². The van der Waals surface area contributed by atoms with Crippen LogP contribution in [0.5, 0.6) is 0 Å². The van der Waals surface area contributed by atoms with Gasteiger partial charge in [-0.3, -0.25) is 9.63 Å². The number of carbonyl (C=O) groups is 1. The van der Waals surface area contributed by atoms with Crippen molar-refractivity contribution >= 4 is 35.2 Å². The van der Waals surface area contributed by atoms with Gasteiger partial charge in [0.05, 0.1) is 0 Å². The van der Waals surface area contributed by atoms with Crippen LogP contribution in [-0.4, -0.2) is 18.7 Å². The predicted molar refractivity (Wildman–Crippen MR) is 65.6 cm³/mol.